The summed E-state index contributed by atoms with van der Waals surface area (Å²) in [6.45, 7) is 5.35. The van der Waals surface area contributed by atoms with E-state index >= 15 is 0 Å². The van der Waals surface area contributed by atoms with Crippen LogP contribution < -0.4 is 5.32 Å². The molecule has 1 amide bonds. The molecule has 1 aliphatic heterocycles. The molecule has 1 N–H and O–H groups in total. The minimum Gasteiger partial charge on any atom is -0.338 e. The number of rotatable bonds is 4. The number of hydrogen-bond acceptors (Lipinski definition) is 7. The van der Waals surface area contributed by atoms with Gasteiger partial charge >= 0.3 is 0 Å². The predicted molar refractivity (Wildman–Crippen MR) is 126 cm³/mol. The van der Waals surface area contributed by atoms with E-state index in [1.807, 2.05) is 58.2 Å². The molecule has 4 heterocycles. The van der Waals surface area contributed by atoms with Crippen LogP contribution in [0.25, 0.3) is 11.1 Å². The minimum atomic E-state index is 0.0527. The Bertz CT molecular complexity index is 1010. The van der Waals surface area contributed by atoms with Crippen molar-refractivity contribution in [1.82, 2.24) is 24.8 Å². The van der Waals surface area contributed by atoms with Crippen LogP contribution in [0.4, 0.5) is 11.6 Å². The van der Waals surface area contributed by atoms with Crippen LogP contribution in [0.5, 0.6) is 0 Å². The second-order valence-electron chi connectivity index (χ2n) is 6.55. The number of nitrogens with zero attached hydrogens (tertiary/aromatic N) is 5. The summed E-state index contributed by atoms with van der Waals surface area (Å²) in [6.07, 6.45) is 6.28. The largest absolute Gasteiger partial charge is 0.338 e. The molecule has 150 valence electrons. The standard InChI is InChI=1S/C20H20N6O.HIS/c1-13-17(20(27)26-8-3-9-26)10-16(12-23-13)15-4-6-22-19(11-15)25-18-5-7-21-14(2)24-18;1-2/h4-7,10-12H,3,8-9H2,1-2H3,(H,21,22,24,25);2H. The second-order valence-corrected chi connectivity index (χ2v) is 6.55. The molecular weight excluding hydrogens is 499 g/mol. The highest BCUT2D eigenvalue weighted by atomic mass is 127. The van der Waals surface area contributed by atoms with Gasteiger partial charge in [0.2, 0.25) is 0 Å². The Kier molecular flexibility index (Phi) is 7.37. The van der Waals surface area contributed by atoms with Crippen LogP contribution in [-0.2, 0) is 0 Å². The molecule has 1 aliphatic rings. The number of amides is 1. The summed E-state index contributed by atoms with van der Waals surface area (Å²) in [6, 6.07) is 7.53. The maximum Gasteiger partial charge on any atom is 0.255 e. The molecule has 1 saturated heterocycles. The lowest BCUT2D eigenvalue weighted by Gasteiger charge is -2.31. The van der Waals surface area contributed by atoms with Gasteiger partial charge in [0.05, 0.1) is 11.3 Å². The lowest BCUT2D eigenvalue weighted by molar-refractivity contribution is 0.0650. The van der Waals surface area contributed by atoms with Gasteiger partial charge in [-0.05, 0) is 71.3 Å². The first-order chi connectivity index (χ1) is 14.1. The van der Waals surface area contributed by atoms with Gasteiger partial charge < -0.3 is 10.2 Å². The van der Waals surface area contributed by atoms with Crippen LogP contribution in [-0.4, -0.2) is 43.8 Å². The highest BCUT2D eigenvalue weighted by Crippen LogP contribution is 2.25. The second kappa shape index (κ2) is 9.97. The van der Waals surface area contributed by atoms with Crippen LogP contribution in [0.15, 0.2) is 42.9 Å². The van der Waals surface area contributed by atoms with E-state index in [2.05, 4.69) is 35.1 Å². The highest BCUT2D eigenvalue weighted by molar-refractivity contribution is 14.2. The zero-order chi connectivity index (χ0) is 20.8. The third kappa shape index (κ3) is 5.21. The van der Waals surface area contributed by atoms with Crippen molar-refractivity contribution in [2.75, 3.05) is 18.4 Å². The molecule has 29 heavy (non-hydrogen) atoms. The normalized spacial score (nSPS) is 12.5. The minimum absolute atomic E-state index is 0.0527. The van der Waals surface area contributed by atoms with E-state index in [0.29, 0.717) is 23.0 Å². The summed E-state index contributed by atoms with van der Waals surface area (Å²) in [5.41, 5.74) is 3.22. The zero-order valence-corrected chi connectivity index (χ0v) is 19.2. The number of aryl methyl sites for hydroxylation is 2. The Morgan fingerprint density at radius 3 is 2.48 bits per heavy atom. The van der Waals surface area contributed by atoms with Crippen LogP contribution in [0.2, 0.25) is 0 Å². The third-order valence-corrected chi connectivity index (χ3v) is 4.59. The van der Waals surface area contributed by atoms with Crippen molar-refractivity contribution in [2.24, 2.45) is 0 Å². The average molecular weight is 520 g/mol. The van der Waals surface area contributed by atoms with Crippen molar-refractivity contribution in [2.45, 2.75) is 20.3 Å². The lowest BCUT2D eigenvalue weighted by Crippen LogP contribution is -2.42. The number of pyridine rings is 2. The van der Waals surface area contributed by atoms with Crippen molar-refractivity contribution in [3.63, 3.8) is 0 Å². The van der Waals surface area contributed by atoms with E-state index in [1.165, 1.54) is 0 Å². The van der Waals surface area contributed by atoms with Crippen molar-refractivity contribution >= 4 is 48.5 Å². The molecule has 9 heteroatoms. The Labute approximate surface area is 187 Å². The lowest BCUT2D eigenvalue weighted by atomic mass is 10.0. The van der Waals surface area contributed by atoms with Gasteiger partial charge in [-0.1, -0.05) is 0 Å². The number of carbonyl (C=O) groups is 1. The smallest absolute Gasteiger partial charge is 0.255 e. The first-order valence-electron chi connectivity index (χ1n) is 9.06. The van der Waals surface area contributed by atoms with Gasteiger partial charge in [0.25, 0.3) is 5.91 Å². The van der Waals surface area contributed by atoms with Crippen molar-refractivity contribution in [1.29, 1.82) is 0 Å². The van der Waals surface area contributed by atoms with Gasteiger partial charge in [0, 0.05) is 37.2 Å². The van der Waals surface area contributed by atoms with Gasteiger partial charge in [0.1, 0.15) is 17.5 Å². The molecule has 0 unspecified atom stereocenters. The fourth-order valence-corrected chi connectivity index (χ4v) is 2.93. The number of halogens is 1. The Morgan fingerprint density at radius 1 is 1.03 bits per heavy atom. The summed E-state index contributed by atoms with van der Waals surface area (Å²) in [7, 11) is 3.50. The summed E-state index contributed by atoms with van der Waals surface area (Å²) >= 11 is 1.84. The van der Waals surface area contributed by atoms with E-state index in [1.54, 1.807) is 24.7 Å². The molecule has 0 bridgehead atoms. The number of carbonyl (C=O) groups excluding carboxylic acids is 1. The van der Waals surface area contributed by atoms with Gasteiger partial charge in [-0.25, -0.2) is 15.0 Å². The Morgan fingerprint density at radius 2 is 1.79 bits per heavy atom. The van der Waals surface area contributed by atoms with Gasteiger partial charge in [-0.2, -0.15) is 0 Å². The molecule has 0 spiro atoms. The van der Waals surface area contributed by atoms with Crippen LogP contribution in [0.1, 0.15) is 28.3 Å². The molecule has 7 nitrogen and oxygen atoms in total. The molecule has 0 radical (unpaired) electrons. The monoisotopic (exact) mass is 520 g/mol. The van der Waals surface area contributed by atoms with Crippen molar-refractivity contribution < 1.29 is 4.79 Å². The molecule has 1 fully saturated rings. The molecular formula is C20H21IN6OS. The van der Waals surface area contributed by atoms with Crippen LogP contribution in [0, 0.1) is 13.8 Å². The summed E-state index contributed by atoms with van der Waals surface area (Å²) in [5, 5.41) is 3.18. The van der Waals surface area contributed by atoms with Gasteiger partial charge in [-0.15, -0.1) is 9.80 Å². The molecule has 3 aromatic heterocycles. The van der Waals surface area contributed by atoms with E-state index in [0.717, 1.165) is 36.3 Å². The van der Waals surface area contributed by atoms with Gasteiger partial charge in [-0.3, -0.25) is 9.78 Å². The first kappa shape index (κ1) is 21.4. The molecule has 3 aromatic rings. The molecule has 0 aliphatic carbocycles. The maximum atomic E-state index is 12.6. The van der Waals surface area contributed by atoms with Crippen LogP contribution in [0.3, 0.4) is 0 Å². The molecule has 4 rings (SSSR count). The third-order valence-electron chi connectivity index (χ3n) is 4.59. The van der Waals surface area contributed by atoms with Crippen LogP contribution >= 0.6 is 31.0 Å². The van der Waals surface area contributed by atoms with Crippen molar-refractivity contribution in [3.8, 4) is 11.1 Å². The maximum absolute atomic E-state index is 12.6. The summed E-state index contributed by atoms with van der Waals surface area (Å²) < 4.78 is 0. The van der Waals surface area contributed by atoms with Gasteiger partial charge in [0.15, 0.2) is 0 Å². The molecule has 0 saturated carbocycles. The van der Waals surface area contributed by atoms with E-state index in [4.69, 9.17) is 0 Å². The van der Waals surface area contributed by atoms with E-state index in [-0.39, 0.29) is 5.91 Å². The topological polar surface area (TPSA) is 83.9 Å². The predicted octanol–water partition coefficient (Wildman–Crippen LogP) is 4.41. The average Bonchev–Trinajstić information content (AvgIpc) is 2.69. The molecule has 0 aromatic carbocycles. The van der Waals surface area contributed by atoms with E-state index in [9.17, 15) is 4.79 Å². The zero-order valence-electron chi connectivity index (χ0n) is 16.1. The fraction of sp³-hybridized carbons (Fsp3) is 0.250. The number of thiol groups is 1. The quantitative estimate of drug-likeness (QED) is 0.392. The summed E-state index contributed by atoms with van der Waals surface area (Å²) in [4.78, 5) is 31.7. The number of aromatic nitrogens is 4. The number of nitrogens with one attached hydrogen (secondary N) is 1. The first-order valence-corrected chi connectivity index (χ1v) is 12.3. The number of likely N-dealkylation sites (tertiary alicyclic amines) is 1. The van der Waals surface area contributed by atoms with E-state index < -0.39 is 0 Å². The Balaban J connectivity index is 0.00000117. The molecule has 0 atom stereocenters. The summed E-state index contributed by atoms with van der Waals surface area (Å²) in [5.74, 6) is 2.09. The SMILES string of the molecule is Cc1nccc(Nc2cc(-c3cnc(C)c(C(=O)N4CCC4)c3)ccn2)n1.SI. The van der Waals surface area contributed by atoms with Crippen molar-refractivity contribution in [3.05, 3.63) is 59.9 Å². The fourth-order valence-electron chi connectivity index (χ4n) is 2.93. The number of anilines is 2. The highest BCUT2D eigenvalue weighted by Gasteiger charge is 2.23. The number of hydrogen-bond donors (Lipinski definition) is 2. The Hall–Kier alpha value is -2.27.